The number of hydrogen-bond donors (Lipinski definition) is 2. The number of ether oxygens (including phenoxy) is 2. The molecule has 0 saturated heterocycles. The lowest BCUT2D eigenvalue weighted by atomic mass is 10.1. The monoisotopic (exact) mass is 344 g/mol. The number of carbonyl (C=O) groups excluding carboxylic acids is 2. The number of nitrogens with one attached hydrogen (secondary N) is 1. The van der Waals surface area contributed by atoms with Crippen LogP contribution in [-0.2, 0) is 20.9 Å². The van der Waals surface area contributed by atoms with Crippen LogP contribution in [0.5, 0.6) is 0 Å². The first-order valence-electron chi connectivity index (χ1n) is 7.50. The van der Waals surface area contributed by atoms with Gasteiger partial charge in [-0.3, -0.25) is 4.79 Å². The number of benzene rings is 1. The number of hydrogen-bond acceptors (Lipinski definition) is 5. The fourth-order valence-corrected chi connectivity index (χ4v) is 1.82. The zero-order chi connectivity index (χ0) is 16.2. The van der Waals surface area contributed by atoms with E-state index >= 15 is 0 Å². The van der Waals surface area contributed by atoms with Gasteiger partial charge in [-0.25, -0.2) is 4.79 Å². The number of nitrogens with two attached hydrogens (primary N) is 1. The normalized spacial score (nSPS) is 11.0. The fourth-order valence-electron chi connectivity index (χ4n) is 1.82. The molecule has 0 aliphatic carbocycles. The van der Waals surface area contributed by atoms with Crippen molar-refractivity contribution in [1.29, 1.82) is 0 Å². The largest absolute Gasteiger partial charge is 0.465 e. The molecule has 0 saturated carbocycles. The molecule has 1 amide bonds. The quantitative estimate of drug-likeness (QED) is 0.530. The second-order valence-electron chi connectivity index (χ2n) is 4.84. The van der Waals surface area contributed by atoms with Gasteiger partial charge < -0.3 is 20.5 Å². The predicted molar refractivity (Wildman–Crippen MR) is 90.3 cm³/mol. The van der Waals surface area contributed by atoms with Crippen molar-refractivity contribution in [3.05, 3.63) is 35.9 Å². The highest BCUT2D eigenvalue weighted by atomic mass is 35.5. The number of carbonyl (C=O) groups is 2. The molecule has 0 radical (unpaired) electrons. The molecule has 1 aromatic carbocycles. The second-order valence-corrected chi connectivity index (χ2v) is 4.84. The molecular formula is C16H25ClN2O4. The highest BCUT2D eigenvalue weighted by Gasteiger charge is 2.13. The molecule has 0 heterocycles. The minimum absolute atomic E-state index is 0. The van der Waals surface area contributed by atoms with Crippen molar-refractivity contribution in [3.8, 4) is 0 Å². The van der Waals surface area contributed by atoms with Gasteiger partial charge >= 0.3 is 12.1 Å². The Kier molecular flexibility index (Phi) is 11.7. The SMILES string of the molecule is CCOC(=O)C(N)CCCCNC(=O)OCc1ccccc1.Cl. The Hall–Kier alpha value is -1.79. The van der Waals surface area contributed by atoms with Gasteiger partial charge in [-0.1, -0.05) is 30.3 Å². The van der Waals surface area contributed by atoms with Gasteiger partial charge in [0.2, 0.25) is 0 Å². The topological polar surface area (TPSA) is 90.6 Å². The van der Waals surface area contributed by atoms with Gasteiger partial charge in [0.15, 0.2) is 0 Å². The van der Waals surface area contributed by atoms with Crippen molar-refractivity contribution in [2.24, 2.45) is 5.73 Å². The first-order chi connectivity index (χ1) is 10.6. The van der Waals surface area contributed by atoms with E-state index < -0.39 is 12.1 Å². The van der Waals surface area contributed by atoms with Crippen molar-refractivity contribution in [1.82, 2.24) is 5.32 Å². The third kappa shape index (κ3) is 9.76. The molecule has 0 fully saturated rings. The Morgan fingerprint density at radius 1 is 1.17 bits per heavy atom. The summed E-state index contributed by atoms with van der Waals surface area (Å²) < 4.78 is 9.90. The maximum Gasteiger partial charge on any atom is 0.407 e. The molecule has 1 aromatic rings. The molecular weight excluding hydrogens is 320 g/mol. The van der Waals surface area contributed by atoms with E-state index in [-0.39, 0.29) is 25.0 Å². The highest BCUT2D eigenvalue weighted by Crippen LogP contribution is 2.02. The zero-order valence-corrected chi connectivity index (χ0v) is 14.1. The molecule has 130 valence electrons. The lowest BCUT2D eigenvalue weighted by molar-refractivity contribution is -0.144. The predicted octanol–water partition coefficient (Wildman–Crippen LogP) is 2.40. The molecule has 0 bridgehead atoms. The smallest absolute Gasteiger partial charge is 0.407 e. The van der Waals surface area contributed by atoms with Gasteiger partial charge in [0.05, 0.1) is 6.61 Å². The van der Waals surface area contributed by atoms with Crippen LogP contribution in [0.4, 0.5) is 4.79 Å². The van der Waals surface area contributed by atoms with E-state index in [4.69, 9.17) is 15.2 Å². The molecule has 7 heteroatoms. The zero-order valence-electron chi connectivity index (χ0n) is 13.3. The van der Waals surface area contributed by atoms with Crippen LogP contribution in [0.2, 0.25) is 0 Å². The Balaban J connectivity index is 0.00000484. The maximum absolute atomic E-state index is 11.5. The summed E-state index contributed by atoms with van der Waals surface area (Å²) in [7, 11) is 0. The van der Waals surface area contributed by atoms with E-state index in [0.717, 1.165) is 18.4 Å². The Labute approximate surface area is 143 Å². The summed E-state index contributed by atoms with van der Waals surface area (Å²) in [6, 6.07) is 8.89. The number of amides is 1. The third-order valence-electron chi connectivity index (χ3n) is 3.01. The Morgan fingerprint density at radius 2 is 1.87 bits per heavy atom. The lowest BCUT2D eigenvalue weighted by Crippen LogP contribution is -2.32. The van der Waals surface area contributed by atoms with E-state index in [2.05, 4.69) is 5.32 Å². The van der Waals surface area contributed by atoms with Crippen LogP contribution in [-0.4, -0.2) is 31.3 Å². The minimum atomic E-state index is -0.593. The van der Waals surface area contributed by atoms with Gasteiger partial charge in [-0.05, 0) is 31.7 Å². The molecule has 0 aromatic heterocycles. The van der Waals surface area contributed by atoms with Crippen LogP contribution in [0, 0.1) is 0 Å². The molecule has 3 N–H and O–H groups in total. The molecule has 0 spiro atoms. The van der Waals surface area contributed by atoms with Crippen molar-refractivity contribution >= 4 is 24.5 Å². The molecule has 6 nitrogen and oxygen atoms in total. The summed E-state index contributed by atoms with van der Waals surface area (Å²) in [5, 5.41) is 2.66. The Morgan fingerprint density at radius 3 is 2.52 bits per heavy atom. The van der Waals surface area contributed by atoms with Crippen molar-refractivity contribution in [2.45, 2.75) is 38.8 Å². The fraction of sp³-hybridized carbons (Fsp3) is 0.500. The van der Waals surface area contributed by atoms with Gasteiger partial charge in [0, 0.05) is 6.54 Å². The first-order valence-corrected chi connectivity index (χ1v) is 7.50. The molecule has 1 rings (SSSR count). The standard InChI is InChI=1S/C16H24N2O4.ClH/c1-2-21-15(19)14(17)10-6-7-11-18-16(20)22-12-13-8-4-3-5-9-13;/h3-5,8-9,14H,2,6-7,10-12,17H2,1H3,(H,18,20);1H. The van der Waals surface area contributed by atoms with Crippen LogP contribution in [0.3, 0.4) is 0 Å². The number of unbranched alkanes of at least 4 members (excludes halogenated alkanes) is 1. The number of rotatable bonds is 9. The summed E-state index contributed by atoms with van der Waals surface area (Å²) >= 11 is 0. The van der Waals surface area contributed by atoms with Crippen LogP contribution in [0.15, 0.2) is 30.3 Å². The molecule has 1 atom stereocenters. The molecule has 0 aliphatic heterocycles. The maximum atomic E-state index is 11.5. The van der Waals surface area contributed by atoms with Crippen molar-refractivity contribution in [3.63, 3.8) is 0 Å². The number of halogens is 1. The summed E-state index contributed by atoms with van der Waals surface area (Å²) in [6.07, 6.45) is 1.56. The third-order valence-corrected chi connectivity index (χ3v) is 3.01. The van der Waals surface area contributed by atoms with Crippen LogP contribution in [0.25, 0.3) is 0 Å². The van der Waals surface area contributed by atoms with Crippen LogP contribution < -0.4 is 11.1 Å². The van der Waals surface area contributed by atoms with E-state index in [0.29, 0.717) is 19.6 Å². The van der Waals surface area contributed by atoms with Gasteiger partial charge in [0.1, 0.15) is 12.6 Å². The number of alkyl carbamates (subject to hydrolysis) is 1. The summed E-state index contributed by atoms with van der Waals surface area (Å²) in [4.78, 5) is 22.8. The van der Waals surface area contributed by atoms with Gasteiger partial charge in [-0.15, -0.1) is 12.4 Å². The van der Waals surface area contributed by atoms with Gasteiger partial charge in [-0.2, -0.15) is 0 Å². The van der Waals surface area contributed by atoms with Gasteiger partial charge in [0.25, 0.3) is 0 Å². The van der Waals surface area contributed by atoms with Crippen molar-refractivity contribution < 1.29 is 19.1 Å². The van der Waals surface area contributed by atoms with Crippen LogP contribution >= 0.6 is 12.4 Å². The molecule has 1 unspecified atom stereocenters. The van der Waals surface area contributed by atoms with E-state index in [1.165, 1.54) is 0 Å². The minimum Gasteiger partial charge on any atom is -0.465 e. The average Bonchev–Trinajstić information content (AvgIpc) is 2.53. The van der Waals surface area contributed by atoms with E-state index in [9.17, 15) is 9.59 Å². The lowest BCUT2D eigenvalue weighted by Gasteiger charge is -2.10. The van der Waals surface area contributed by atoms with E-state index in [1.807, 2.05) is 30.3 Å². The summed E-state index contributed by atoms with van der Waals surface area (Å²) in [5.41, 5.74) is 6.61. The van der Waals surface area contributed by atoms with Crippen LogP contribution in [0.1, 0.15) is 31.7 Å². The average molecular weight is 345 g/mol. The number of esters is 1. The highest BCUT2D eigenvalue weighted by molar-refractivity contribution is 5.85. The van der Waals surface area contributed by atoms with Crippen molar-refractivity contribution in [2.75, 3.05) is 13.2 Å². The summed E-state index contributed by atoms with van der Waals surface area (Å²) in [6.45, 7) is 2.82. The first kappa shape index (κ1) is 21.2. The Bertz CT molecular complexity index is 457. The van der Waals surface area contributed by atoms with E-state index in [1.54, 1.807) is 6.92 Å². The second kappa shape index (κ2) is 12.7. The molecule has 0 aliphatic rings. The molecule has 23 heavy (non-hydrogen) atoms. The summed E-state index contributed by atoms with van der Waals surface area (Å²) in [5.74, 6) is -0.377.